The fraction of sp³-hybridized carbons (Fsp3) is 0.190. The van der Waals surface area contributed by atoms with Gasteiger partial charge < -0.3 is 10.1 Å². The average Bonchev–Trinajstić information content (AvgIpc) is 2.62. The molecule has 0 aliphatic rings. The summed E-state index contributed by atoms with van der Waals surface area (Å²) >= 11 is 0. The third-order valence-electron chi connectivity index (χ3n) is 3.92. The molecule has 3 aromatic rings. The van der Waals surface area contributed by atoms with Gasteiger partial charge in [0.25, 0.3) is 5.91 Å². The van der Waals surface area contributed by atoms with Gasteiger partial charge in [-0.3, -0.25) is 4.79 Å². The van der Waals surface area contributed by atoms with E-state index in [0.717, 1.165) is 29.3 Å². The number of anilines is 1. The molecular formula is C21H21NO2. The predicted octanol–water partition coefficient (Wildman–Crippen LogP) is 5.27. The van der Waals surface area contributed by atoms with Crippen LogP contribution in [0.1, 0.15) is 30.1 Å². The average molecular weight is 319 g/mol. The lowest BCUT2D eigenvalue weighted by Gasteiger charge is -2.12. The topological polar surface area (TPSA) is 38.3 Å². The van der Waals surface area contributed by atoms with E-state index in [0.29, 0.717) is 17.9 Å². The van der Waals surface area contributed by atoms with Crippen molar-refractivity contribution in [1.82, 2.24) is 0 Å². The van der Waals surface area contributed by atoms with Crippen LogP contribution in [0.2, 0.25) is 0 Å². The molecule has 0 heterocycles. The third-order valence-corrected chi connectivity index (χ3v) is 3.92. The van der Waals surface area contributed by atoms with Crippen LogP contribution in [-0.2, 0) is 0 Å². The van der Waals surface area contributed by atoms with Crippen LogP contribution < -0.4 is 10.1 Å². The maximum Gasteiger partial charge on any atom is 0.259 e. The van der Waals surface area contributed by atoms with Crippen LogP contribution in [0.4, 0.5) is 5.69 Å². The first-order chi connectivity index (χ1) is 11.8. The second kappa shape index (κ2) is 7.64. The summed E-state index contributed by atoms with van der Waals surface area (Å²) in [5.41, 5.74) is 1.36. The predicted molar refractivity (Wildman–Crippen MR) is 98.7 cm³/mol. The van der Waals surface area contributed by atoms with Crippen molar-refractivity contribution in [3.8, 4) is 5.75 Å². The Kier molecular flexibility index (Phi) is 5.12. The smallest absolute Gasteiger partial charge is 0.259 e. The largest absolute Gasteiger partial charge is 0.493 e. The molecule has 0 saturated carbocycles. The normalized spacial score (nSPS) is 10.5. The van der Waals surface area contributed by atoms with E-state index in [1.165, 1.54) is 0 Å². The van der Waals surface area contributed by atoms with E-state index >= 15 is 0 Å². The zero-order chi connectivity index (χ0) is 16.8. The number of para-hydroxylation sites is 1. The SMILES string of the molecule is CCCCOc1ccccc1C(=O)Nc1cccc2ccccc12. The van der Waals surface area contributed by atoms with Gasteiger partial charge in [0.2, 0.25) is 0 Å². The Bertz CT molecular complexity index is 837. The van der Waals surface area contributed by atoms with Gasteiger partial charge in [-0.05, 0) is 30.0 Å². The van der Waals surface area contributed by atoms with Crippen molar-refractivity contribution >= 4 is 22.4 Å². The van der Waals surface area contributed by atoms with E-state index in [1.807, 2.05) is 60.7 Å². The molecule has 24 heavy (non-hydrogen) atoms. The number of ether oxygens (including phenoxy) is 1. The number of carbonyl (C=O) groups excluding carboxylic acids is 1. The molecule has 0 saturated heterocycles. The molecule has 1 N–H and O–H groups in total. The Hall–Kier alpha value is -2.81. The second-order valence-electron chi connectivity index (χ2n) is 5.68. The summed E-state index contributed by atoms with van der Waals surface area (Å²) in [5, 5.41) is 5.14. The lowest BCUT2D eigenvalue weighted by molar-refractivity contribution is 0.102. The number of carbonyl (C=O) groups is 1. The first kappa shape index (κ1) is 16.1. The van der Waals surface area contributed by atoms with E-state index in [4.69, 9.17) is 4.74 Å². The molecule has 0 aromatic heterocycles. The molecule has 3 aromatic carbocycles. The standard InChI is InChI=1S/C21H21NO2/c1-2-3-15-24-20-14-7-6-12-18(20)21(23)22-19-13-8-10-16-9-4-5-11-17(16)19/h4-14H,2-3,15H2,1H3,(H,22,23). The highest BCUT2D eigenvalue weighted by atomic mass is 16.5. The zero-order valence-corrected chi connectivity index (χ0v) is 13.8. The summed E-state index contributed by atoms with van der Waals surface area (Å²) < 4.78 is 5.76. The van der Waals surface area contributed by atoms with Crippen LogP contribution in [0, 0.1) is 0 Å². The number of nitrogens with one attached hydrogen (secondary N) is 1. The van der Waals surface area contributed by atoms with Gasteiger partial charge in [-0.1, -0.05) is 61.9 Å². The molecule has 0 unspecified atom stereocenters. The lowest BCUT2D eigenvalue weighted by atomic mass is 10.1. The Morgan fingerprint density at radius 3 is 2.58 bits per heavy atom. The molecule has 0 fully saturated rings. The van der Waals surface area contributed by atoms with Crippen molar-refractivity contribution in [1.29, 1.82) is 0 Å². The maximum absolute atomic E-state index is 12.7. The van der Waals surface area contributed by atoms with Crippen molar-refractivity contribution in [2.75, 3.05) is 11.9 Å². The molecule has 0 bridgehead atoms. The van der Waals surface area contributed by atoms with E-state index < -0.39 is 0 Å². The van der Waals surface area contributed by atoms with Gasteiger partial charge in [0.1, 0.15) is 5.75 Å². The molecule has 0 radical (unpaired) electrons. The number of fused-ring (bicyclic) bond motifs is 1. The molecule has 0 aliphatic heterocycles. The second-order valence-corrected chi connectivity index (χ2v) is 5.68. The van der Waals surface area contributed by atoms with Gasteiger partial charge >= 0.3 is 0 Å². The van der Waals surface area contributed by atoms with Gasteiger partial charge in [-0.2, -0.15) is 0 Å². The monoisotopic (exact) mass is 319 g/mol. The van der Waals surface area contributed by atoms with Crippen LogP contribution in [0.5, 0.6) is 5.75 Å². The van der Waals surface area contributed by atoms with Crippen LogP contribution in [-0.4, -0.2) is 12.5 Å². The van der Waals surface area contributed by atoms with Crippen molar-refractivity contribution < 1.29 is 9.53 Å². The van der Waals surface area contributed by atoms with Crippen molar-refractivity contribution in [2.45, 2.75) is 19.8 Å². The Morgan fingerprint density at radius 2 is 1.71 bits per heavy atom. The Morgan fingerprint density at radius 1 is 0.958 bits per heavy atom. The molecule has 1 amide bonds. The molecule has 3 rings (SSSR count). The zero-order valence-electron chi connectivity index (χ0n) is 13.8. The van der Waals surface area contributed by atoms with Gasteiger partial charge in [0.05, 0.1) is 12.2 Å². The molecule has 122 valence electrons. The van der Waals surface area contributed by atoms with E-state index in [9.17, 15) is 4.79 Å². The van der Waals surface area contributed by atoms with Gasteiger partial charge in [0, 0.05) is 11.1 Å². The third kappa shape index (κ3) is 3.57. The molecular weight excluding hydrogens is 298 g/mol. The summed E-state index contributed by atoms with van der Waals surface area (Å²) in [6.07, 6.45) is 2.03. The maximum atomic E-state index is 12.7. The first-order valence-electron chi connectivity index (χ1n) is 8.30. The fourth-order valence-electron chi connectivity index (χ4n) is 2.63. The summed E-state index contributed by atoms with van der Waals surface area (Å²) in [4.78, 5) is 12.7. The Balaban J connectivity index is 1.84. The number of rotatable bonds is 6. The number of amides is 1. The molecule has 0 spiro atoms. The van der Waals surface area contributed by atoms with Gasteiger partial charge in [-0.25, -0.2) is 0 Å². The van der Waals surface area contributed by atoms with E-state index in [2.05, 4.69) is 12.2 Å². The minimum Gasteiger partial charge on any atom is -0.493 e. The minimum atomic E-state index is -0.154. The molecule has 0 atom stereocenters. The van der Waals surface area contributed by atoms with Crippen LogP contribution in [0.15, 0.2) is 66.7 Å². The minimum absolute atomic E-state index is 0.154. The Labute approximate surface area is 142 Å². The highest BCUT2D eigenvalue weighted by Crippen LogP contribution is 2.25. The summed E-state index contributed by atoms with van der Waals surface area (Å²) in [7, 11) is 0. The number of hydrogen-bond acceptors (Lipinski definition) is 2. The fourth-order valence-corrected chi connectivity index (χ4v) is 2.63. The highest BCUT2D eigenvalue weighted by Gasteiger charge is 2.13. The van der Waals surface area contributed by atoms with Crippen LogP contribution in [0.3, 0.4) is 0 Å². The van der Waals surface area contributed by atoms with E-state index in [1.54, 1.807) is 6.07 Å². The summed E-state index contributed by atoms with van der Waals surface area (Å²) in [6, 6.07) is 21.3. The molecule has 3 heteroatoms. The molecule has 0 aliphatic carbocycles. The summed E-state index contributed by atoms with van der Waals surface area (Å²) in [5.74, 6) is 0.474. The van der Waals surface area contributed by atoms with Crippen molar-refractivity contribution in [3.63, 3.8) is 0 Å². The van der Waals surface area contributed by atoms with Crippen LogP contribution in [0.25, 0.3) is 10.8 Å². The quantitative estimate of drug-likeness (QED) is 0.628. The van der Waals surface area contributed by atoms with Crippen LogP contribution >= 0.6 is 0 Å². The van der Waals surface area contributed by atoms with Gasteiger partial charge in [0.15, 0.2) is 0 Å². The van der Waals surface area contributed by atoms with E-state index in [-0.39, 0.29) is 5.91 Å². The first-order valence-corrected chi connectivity index (χ1v) is 8.30. The summed E-state index contributed by atoms with van der Waals surface area (Å²) in [6.45, 7) is 2.73. The highest BCUT2D eigenvalue weighted by molar-refractivity contribution is 6.10. The van der Waals surface area contributed by atoms with Crippen molar-refractivity contribution in [3.05, 3.63) is 72.3 Å². The lowest BCUT2D eigenvalue weighted by Crippen LogP contribution is -2.14. The molecule has 3 nitrogen and oxygen atoms in total. The van der Waals surface area contributed by atoms with Gasteiger partial charge in [-0.15, -0.1) is 0 Å². The van der Waals surface area contributed by atoms with Crippen molar-refractivity contribution in [2.24, 2.45) is 0 Å². The number of hydrogen-bond donors (Lipinski definition) is 1. The number of benzene rings is 3. The number of unbranched alkanes of at least 4 members (excludes halogenated alkanes) is 1.